The molecule has 102 valence electrons. The van der Waals surface area contributed by atoms with Gasteiger partial charge in [0.05, 0.1) is 0 Å². The molecule has 1 aromatic carbocycles. The first kappa shape index (κ1) is 13.9. The zero-order valence-corrected chi connectivity index (χ0v) is 11.9. The third kappa shape index (κ3) is 3.95. The minimum Gasteiger partial charge on any atom is -0.341 e. The van der Waals surface area contributed by atoms with E-state index in [0.29, 0.717) is 18.9 Å². The van der Waals surface area contributed by atoms with Gasteiger partial charge in [0.1, 0.15) is 0 Å². The van der Waals surface area contributed by atoms with E-state index in [-0.39, 0.29) is 5.91 Å². The third-order valence-corrected chi connectivity index (χ3v) is 3.83. The van der Waals surface area contributed by atoms with Crippen molar-refractivity contribution in [1.82, 2.24) is 4.90 Å². The number of carbonyl (C=O) groups excluding carboxylic acids is 1. The van der Waals surface area contributed by atoms with Gasteiger partial charge in [-0.25, -0.2) is 0 Å². The lowest BCUT2D eigenvalue weighted by Gasteiger charge is -2.19. The maximum Gasteiger partial charge on any atom is 0.223 e. The highest BCUT2D eigenvalue weighted by atomic mass is 16.2. The van der Waals surface area contributed by atoms with E-state index in [9.17, 15) is 4.79 Å². The van der Waals surface area contributed by atoms with E-state index in [0.717, 1.165) is 19.3 Å². The van der Waals surface area contributed by atoms with Gasteiger partial charge in [-0.1, -0.05) is 43.3 Å². The molecule has 19 heavy (non-hydrogen) atoms. The van der Waals surface area contributed by atoms with Crippen LogP contribution in [0, 0.1) is 5.92 Å². The average molecular weight is 257 g/mol. The molecule has 1 aromatic rings. The fraction of sp³-hybridized carbons (Fsp3) is 0.471. The molecule has 0 aromatic heterocycles. The van der Waals surface area contributed by atoms with Gasteiger partial charge in [-0.15, -0.1) is 0 Å². The first-order chi connectivity index (χ1) is 9.19. The molecular weight excluding hydrogens is 234 g/mol. The summed E-state index contributed by atoms with van der Waals surface area (Å²) in [5.41, 5.74) is 2.55. The lowest BCUT2D eigenvalue weighted by Crippen LogP contribution is -2.27. The normalized spacial score (nSPS) is 17.7. The molecule has 0 bridgehead atoms. The van der Waals surface area contributed by atoms with Gasteiger partial charge in [0.2, 0.25) is 5.91 Å². The van der Waals surface area contributed by atoms with Crippen molar-refractivity contribution in [3.05, 3.63) is 47.5 Å². The number of aryl methyl sites for hydroxylation is 1. The van der Waals surface area contributed by atoms with Crippen molar-refractivity contribution in [1.29, 1.82) is 0 Å². The number of hydrogen-bond donors (Lipinski definition) is 0. The van der Waals surface area contributed by atoms with Gasteiger partial charge in [0, 0.05) is 20.0 Å². The van der Waals surface area contributed by atoms with E-state index in [1.807, 2.05) is 11.9 Å². The molecule has 1 aliphatic rings. The molecule has 2 nitrogen and oxygen atoms in total. The molecule has 1 atom stereocenters. The molecule has 1 unspecified atom stereocenters. The molecule has 0 fully saturated rings. The zero-order valence-electron chi connectivity index (χ0n) is 11.9. The molecule has 2 rings (SSSR count). The number of carbonyl (C=O) groups is 1. The van der Waals surface area contributed by atoms with Crippen LogP contribution >= 0.6 is 0 Å². The minimum atomic E-state index is 0.246. The average Bonchev–Trinajstić information content (AvgIpc) is 2.92. The maximum absolute atomic E-state index is 12.1. The number of hydrogen-bond acceptors (Lipinski definition) is 1. The highest BCUT2D eigenvalue weighted by Gasteiger charge is 2.16. The summed E-state index contributed by atoms with van der Waals surface area (Å²) in [4.78, 5) is 14.0. The van der Waals surface area contributed by atoms with Gasteiger partial charge in [-0.2, -0.15) is 0 Å². The topological polar surface area (TPSA) is 20.3 Å². The Labute approximate surface area is 116 Å². The van der Waals surface area contributed by atoms with Crippen molar-refractivity contribution in [2.75, 3.05) is 7.05 Å². The number of allylic oxidation sites excluding steroid dienone is 2. The van der Waals surface area contributed by atoms with Crippen molar-refractivity contribution in [2.45, 2.75) is 39.2 Å². The Morgan fingerprint density at radius 3 is 2.53 bits per heavy atom. The van der Waals surface area contributed by atoms with Gasteiger partial charge in [0.15, 0.2) is 0 Å². The van der Waals surface area contributed by atoms with E-state index in [4.69, 9.17) is 0 Å². The second-order valence-electron chi connectivity index (χ2n) is 5.39. The largest absolute Gasteiger partial charge is 0.341 e. The molecule has 1 amide bonds. The summed E-state index contributed by atoms with van der Waals surface area (Å²) in [5.74, 6) is 0.702. The number of nitrogens with zero attached hydrogens (tertiary/aromatic N) is 1. The van der Waals surface area contributed by atoms with E-state index in [1.54, 1.807) is 0 Å². The summed E-state index contributed by atoms with van der Waals surface area (Å²) in [6.07, 6.45) is 8.33. The van der Waals surface area contributed by atoms with Crippen LogP contribution in [0.15, 0.2) is 36.4 Å². The summed E-state index contributed by atoms with van der Waals surface area (Å²) in [6, 6.07) is 8.54. The number of rotatable bonds is 5. The molecule has 1 aliphatic carbocycles. The van der Waals surface area contributed by atoms with Gasteiger partial charge in [0.25, 0.3) is 0 Å². The molecule has 0 saturated carbocycles. The number of amides is 1. The Morgan fingerprint density at radius 1 is 1.26 bits per heavy atom. The smallest absolute Gasteiger partial charge is 0.223 e. The molecule has 0 radical (unpaired) electrons. The van der Waals surface area contributed by atoms with Crippen LogP contribution in [-0.4, -0.2) is 17.9 Å². The summed E-state index contributed by atoms with van der Waals surface area (Å²) >= 11 is 0. The van der Waals surface area contributed by atoms with E-state index in [1.165, 1.54) is 11.1 Å². The van der Waals surface area contributed by atoms with Crippen LogP contribution in [-0.2, 0) is 17.8 Å². The number of benzene rings is 1. The van der Waals surface area contributed by atoms with Crippen LogP contribution in [0.5, 0.6) is 0 Å². The van der Waals surface area contributed by atoms with E-state index >= 15 is 0 Å². The highest BCUT2D eigenvalue weighted by molar-refractivity contribution is 5.76. The monoisotopic (exact) mass is 257 g/mol. The summed E-state index contributed by atoms with van der Waals surface area (Å²) in [7, 11) is 1.90. The summed E-state index contributed by atoms with van der Waals surface area (Å²) in [6.45, 7) is 2.86. The molecule has 0 aliphatic heterocycles. The molecule has 2 heteroatoms. The van der Waals surface area contributed by atoms with Crippen molar-refractivity contribution in [3.63, 3.8) is 0 Å². The van der Waals surface area contributed by atoms with Gasteiger partial charge in [-0.05, 0) is 36.3 Å². The SMILES string of the molecule is CCc1ccc(CN(C)C(=O)CC2C=CCC2)cc1. The van der Waals surface area contributed by atoms with Crippen LogP contribution in [0.3, 0.4) is 0 Å². The molecule has 0 saturated heterocycles. The van der Waals surface area contributed by atoms with Gasteiger partial charge in [-0.3, -0.25) is 4.79 Å². The van der Waals surface area contributed by atoms with Crippen LogP contribution in [0.1, 0.15) is 37.3 Å². The maximum atomic E-state index is 12.1. The molecule has 0 spiro atoms. The predicted molar refractivity (Wildman–Crippen MR) is 78.8 cm³/mol. The second kappa shape index (κ2) is 6.55. The zero-order chi connectivity index (χ0) is 13.7. The van der Waals surface area contributed by atoms with E-state index in [2.05, 4.69) is 43.3 Å². The van der Waals surface area contributed by atoms with Crippen LogP contribution in [0.2, 0.25) is 0 Å². The fourth-order valence-electron chi connectivity index (χ4n) is 2.49. The lowest BCUT2D eigenvalue weighted by molar-refractivity contribution is -0.131. The first-order valence-electron chi connectivity index (χ1n) is 7.17. The first-order valence-corrected chi connectivity index (χ1v) is 7.17. The standard InChI is InChI=1S/C17H23NO/c1-3-14-8-10-16(11-9-14)13-18(2)17(19)12-15-6-4-5-7-15/h4,6,8-11,15H,3,5,7,12-13H2,1-2H3. The Bertz CT molecular complexity index is 447. The molecule has 0 heterocycles. The van der Waals surface area contributed by atoms with Gasteiger partial charge >= 0.3 is 0 Å². The lowest BCUT2D eigenvalue weighted by atomic mass is 10.0. The quantitative estimate of drug-likeness (QED) is 0.739. The van der Waals surface area contributed by atoms with Crippen molar-refractivity contribution < 1.29 is 4.79 Å². The summed E-state index contributed by atoms with van der Waals surface area (Å²) in [5, 5.41) is 0. The Morgan fingerprint density at radius 2 is 1.95 bits per heavy atom. The molecule has 0 N–H and O–H groups in total. The third-order valence-electron chi connectivity index (χ3n) is 3.83. The van der Waals surface area contributed by atoms with Crippen molar-refractivity contribution >= 4 is 5.91 Å². The second-order valence-corrected chi connectivity index (χ2v) is 5.39. The molecular formula is C17H23NO. The van der Waals surface area contributed by atoms with Gasteiger partial charge < -0.3 is 4.90 Å². The fourth-order valence-corrected chi connectivity index (χ4v) is 2.49. The summed E-state index contributed by atoms with van der Waals surface area (Å²) < 4.78 is 0. The van der Waals surface area contributed by atoms with Crippen molar-refractivity contribution in [2.24, 2.45) is 5.92 Å². The Balaban J connectivity index is 1.86. The Kier molecular flexibility index (Phi) is 4.78. The van der Waals surface area contributed by atoms with E-state index < -0.39 is 0 Å². The van der Waals surface area contributed by atoms with Crippen LogP contribution in [0.25, 0.3) is 0 Å². The van der Waals surface area contributed by atoms with Crippen LogP contribution in [0.4, 0.5) is 0 Å². The van der Waals surface area contributed by atoms with Crippen molar-refractivity contribution in [3.8, 4) is 0 Å². The predicted octanol–water partition coefficient (Wildman–Crippen LogP) is 3.56. The van der Waals surface area contributed by atoms with Crippen LogP contribution < -0.4 is 0 Å². The minimum absolute atomic E-state index is 0.246. The Hall–Kier alpha value is -1.57. The highest BCUT2D eigenvalue weighted by Crippen LogP contribution is 2.21.